The van der Waals surface area contributed by atoms with Crippen molar-refractivity contribution in [1.29, 1.82) is 0 Å². The maximum atomic E-state index is 13.0. The van der Waals surface area contributed by atoms with Crippen LogP contribution in [-0.4, -0.2) is 77.9 Å². The molecule has 0 aliphatic carbocycles. The van der Waals surface area contributed by atoms with Crippen LogP contribution in [0.15, 0.2) is 41.6 Å². The number of amides is 1. The second kappa shape index (κ2) is 10.2. The number of rotatable bonds is 5. The van der Waals surface area contributed by atoms with Gasteiger partial charge in [0.15, 0.2) is 0 Å². The number of nitrogens with zero attached hydrogens (tertiary/aromatic N) is 5. The number of carbonyl (C=O) groups excluding carboxylic acids is 2. The highest BCUT2D eigenvalue weighted by atomic mass is 16.5. The minimum absolute atomic E-state index is 0.0927. The predicted octanol–water partition coefficient (Wildman–Crippen LogP) is 0.165. The van der Waals surface area contributed by atoms with E-state index < -0.39 is 0 Å². The number of esters is 1. The Morgan fingerprint density at radius 2 is 2.17 bits per heavy atom. The van der Waals surface area contributed by atoms with Gasteiger partial charge in [-0.3, -0.25) is 9.69 Å². The van der Waals surface area contributed by atoms with E-state index in [9.17, 15) is 9.59 Å². The first-order chi connectivity index (χ1) is 17.4. The number of fused-ring (bicyclic) bond motifs is 2. The van der Waals surface area contributed by atoms with E-state index in [-0.39, 0.29) is 30.1 Å². The van der Waals surface area contributed by atoms with E-state index in [1.807, 2.05) is 30.0 Å². The van der Waals surface area contributed by atoms with Gasteiger partial charge in [-0.25, -0.2) is 20.6 Å². The maximum absolute atomic E-state index is 13.0. The van der Waals surface area contributed by atoms with Crippen molar-refractivity contribution < 1.29 is 14.3 Å². The maximum Gasteiger partial charge on any atom is 0.338 e. The summed E-state index contributed by atoms with van der Waals surface area (Å²) in [6.45, 7) is 5.83. The van der Waals surface area contributed by atoms with Crippen LogP contribution in [0.4, 0.5) is 5.82 Å². The minimum atomic E-state index is -0.234. The van der Waals surface area contributed by atoms with Crippen molar-refractivity contribution >= 4 is 24.0 Å². The summed E-state index contributed by atoms with van der Waals surface area (Å²) in [6.07, 6.45) is 3.86. The van der Waals surface area contributed by atoms with Gasteiger partial charge in [-0.05, 0) is 35.7 Å². The average Bonchev–Trinajstić information content (AvgIpc) is 2.88. The number of hydrazone groups is 1. The Bertz CT molecular complexity index is 1150. The molecule has 2 aromatic rings. The Kier molecular flexibility index (Phi) is 6.86. The second-order valence-electron chi connectivity index (χ2n) is 9.66. The molecule has 2 fully saturated rings. The number of benzene rings is 1. The summed E-state index contributed by atoms with van der Waals surface area (Å²) in [5, 5.41) is 8.24. The van der Waals surface area contributed by atoms with Gasteiger partial charge in [0.05, 0.1) is 12.0 Å². The topological polar surface area (TPSA) is 142 Å². The molecule has 0 spiro atoms. The lowest BCUT2D eigenvalue weighted by molar-refractivity contribution is -0.134. The van der Waals surface area contributed by atoms with Crippen molar-refractivity contribution in [2.75, 3.05) is 37.7 Å². The lowest BCUT2D eigenvalue weighted by Crippen LogP contribution is -2.62. The van der Waals surface area contributed by atoms with Crippen molar-refractivity contribution in [1.82, 2.24) is 20.1 Å². The molecule has 3 unspecified atom stereocenters. The third-order valence-electron chi connectivity index (χ3n) is 7.16. The molecular weight excluding hydrogens is 460 g/mol. The van der Waals surface area contributed by atoms with Crippen LogP contribution < -0.4 is 22.0 Å². The number of ether oxygens (including phenoxy) is 1. The number of anilines is 1. The molecule has 190 valence electrons. The molecule has 1 aromatic heterocycles. The fraction of sp³-hybridized carbons (Fsp3) is 0.440. The van der Waals surface area contributed by atoms with Crippen LogP contribution in [0.2, 0.25) is 0 Å². The van der Waals surface area contributed by atoms with Crippen LogP contribution in [0.5, 0.6) is 0 Å². The number of pyridine rings is 1. The van der Waals surface area contributed by atoms with Crippen molar-refractivity contribution in [2.24, 2.45) is 16.8 Å². The molecule has 3 aliphatic heterocycles. The summed E-state index contributed by atoms with van der Waals surface area (Å²) in [7, 11) is 0. The smallest absolute Gasteiger partial charge is 0.338 e. The van der Waals surface area contributed by atoms with E-state index in [1.165, 1.54) is 16.9 Å². The Morgan fingerprint density at radius 3 is 2.94 bits per heavy atom. The first-order valence-electron chi connectivity index (χ1n) is 12.2. The van der Waals surface area contributed by atoms with Crippen molar-refractivity contribution in [3.05, 3.63) is 58.8 Å². The molecule has 1 amide bonds. The first kappa shape index (κ1) is 24.2. The van der Waals surface area contributed by atoms with Crippen molar-refractivity contribution in [3.8, 4) is 0 Å². The van der Waals surface area contributed by atoms with Gasteiger partial charge in [-0.15, -0.1) is 0 Å². The zero-order valence-corrected chi connectivity index (χ0v) is 20.3. The van der Waals surface area contributed by atoms with Gasteiger partial charge < -0.3 is 20.8 Å². The molecule has 11 nitrogen and oxygen atoms in total. The van der Waals surface area contributed by atoms with Gasteiger partial charge in [-0.2, -0.15) is 5.10 Å². The average molecular weight is 493 g/mol. The van der Waals surface area contributed by atoms with Crippen LogP contribution in [0.3, 0.4) is 0 Å². The summed E-state index contributed by atoms with van der Waals surface area (Å²) in [5.41, 5.74) is 3.76. The standard InChI is InChI=1S/C25H32N8O3/c1-16-8-19-10-18(3-4-21(19)25(35)36-16)22-14-31-6-7-32(13-20(31)12-28-22)24(34)9-17-2-5-23(29-11-17)33(27)15-30-26/h2-5,10-11,15-16,20,22,28H,6-9,12-14,26-27H2,1H3/b30-15-. The lowest BCUT2D eigenvalue weighted by Gasteiger charge is -2.47. The summed E-state index contributed by atoms with van der Waals surface area (Å²) >= 11 is 0. The number of aromatic nitrogens is 1. The van der Waals surface area contributed by atoms with Crippen LogP contribution >= 0.6 is 0 Å². The molecule has 5 rings (SSSR count). The lowest BCUT2D eigenvalue weighted by atomic mass is 9.93. The van der Waals surface area contributed by atoms with E-state index in [0.29, 0.717) is 30.9 Å². The van der Waals surface area contributed by atoms with Crippen molar-refractivity contribution in [2.45, 2.75) is 38.0 Å². The molecule has 11 heteroatoms. The SMILES string of the molecule is CC1Cc2cc(C3CN4CCN(C(=O)Cc5ccc(N(N)/C=N\N)nc5)CC4CN3)ccc2C(=O)O1. The zero-order chi connectivity index (χ0) is 25.2. The van der Waals surface area contributed by atoms with Gasteiger partial charge in [0, 0.05) is 57.4 Å². The molecule has 2 saturated heterocycles. The van der Waals surface area contributed by atoms with Gasteiger partial charge in [0.1, 0.15) is 18.3 Å². The predicted molar refractivity (Wildman–Crippen MR) is 135 cm³/mol. The highest BCUT2D eigenvalue weighted by Gasteiger charge is 2.35. The summed E-state index contributed by atoms with van der Waals surface area (Å²) < 4.78 is 5.34. The van der Waals surface area contributed by atoms with Gasteiger partial charge in [0.25, 0.3) is 0 Å². The molecule has 5 N–H and O–H groups in total. The normalized spacial score (nSPS) is 24.2. The van der Waals surface area contributed by atoms with Crippen LogP contribution in [0, 0.1) is 0 Å². The second-order valence-corrected chi connectivity index (χ2v) is 9.66. The number of hydrazine groups is 1. The molecule has 4 heterocycles. The third kappa shape index (κ3) is 5.03. The summed E-state index contributed by atoms with van der Waals surface area (Å²) in [6, 6.07) is 10.1. The molecule has 0 radical (unpaired) electrons. The molecular formula is C25H32N8O3. The van der Waals surface area contributed by atoms with E-state index in [4.69, 9.17) is 16.4 Å². The molecule has 0 bridgehead atoms. The number of cyclic esters (lactones) is 1. The highest BCUT2D eigenvalue weighted by molar-refractivity contribution is 5.92. The quantitative estimate of drug-likeness (QED) is 0.175. The molecule has 0 saturated carbocycles. The molecule has 3 aliphatic rings. The number of hydrogen-bond acceptors (Lipinski definition) is 9. The molecule has 36 heavy (non-hydrogen) atoms. The van der Waals surface area contributed by atoms with E-state index >= 15 is 0 Å². The van der Waals surface area contributed by atoms with Crippen LogP contribution in [0.1, 0.15) is 40.0 Å². The van der Waals surface area contributed by atoms with Gasteiger partial charge >= 0.3 is 5.97 Å². The fourth-order valence-corrected chi connectivity index (χ4v) is 5.24. The largest absolute Gasteiger partial charge is 0.459 e. The van der Waals surface area contributed by atoms with Crippen LogP contribution in [0.25, 0.3) is 0 Å². The number of carbonyl (C=O) groups is 2. The van der Waals surface area contributed by atoms with E-state index in [0.717, 1.165) is 37.2 Å². The Hall–Kier alpha value is -3.54. The van der Waals surface area contributed by atoms with E-state index in [1.54, 1.807) is 12.3 Å². The summed E-state index contributed by atoms with van der Waals surface area (Å²) in [5.74, 6) is 11.2. The van der Waals surface area contributed by atoms with Gasteiger partial charge in [0.2, 0.25) is 5.91 Å². The number of nitrogens with two attached hydrogens (primary N) is 2. The number of hydrogen-bond donors (Lipinski definition) is 3. The van der Waals surface area contributed by atoms with Crippen molar-refractivity contribution in [3.63, 3.8) is 0 Å². The number of piperazine rings is 2. The third-order valence-corrected chi connectivity index (χ3v) is 7.16. The summed E-state index contributed by atoms with van der Waals surface area (Å²) in [4.78, 5) is 33.8. The van der Waals surface area contributed by atoms with Crippen LogP contribution in [-0.2, 0) is 22.4 Å². The Balaban J connectivity index is 1.17. The Labute approximate surface area is 210 Å². The molecule has 1 aromatic carbocycles. The Morgan fingerprint density at radius 1 is 1.31 bits per heavy atom. The monoisotopic (exact) mass is 492 g/mol. The fourth-order valence-electron chi connectivity index (χ4n) is 5.24. The zero-order valence-electron chi connectivity index (χ0n) is 20.3. The minimum Gasteiger partial charge on any atom is -0.459 e. The molecule has 3 atom stereocenters. The van der Waals surface area contributed by atoms with Gasteiger partial charge in [-0.1, -0.05) is 18.2 Å². The number of nitrogens with one attached hydrogen (secondary N) is 1. The van der Waals surface area contributed by atoms with E-state index in [2.05, 4.69) is 26.4 Å². The highest BCUT2D eigenvalue weighted by Crippen LogP contribution is 2.28. The first-order valence-corrected chi connectivity index (χ1v) is 12.2.